The summed E-state index contributed by atoms with van der Waals surface area (Å²) < 4.78 is 0. The zero-order chi connectivity index (χ0) is 12.8. The minimum Gasteiger partial charge on any atom is -0.480 e. The summed E-state index contributed by atoms with van der Waals surface area (Å²) in [6.45, 7) is 1.74. The van der Waals surface area contributed by atoms with E-state index in [0.717, 1.165) is 4.90 Å². The summed E-state index contributed by atoms with van der Waals surface area (Å²) in [6.07, 6.45) is 0. The number of amides is 2. The summed E-state index contributed by atoms with van der Waals surface area (Å²) in [4.78, 5) is 23.6. The minimum absolute atomic E-state index is 0.361. The maximum atomic E-state index is 11.7. The molecule has 1 aromatic carbocycles. The SMILES string of the molecule is CCNC(=O)N(CC(=O)O)c1ccccc1N. The third-order valence-electron chi connectivity index (χ3n) is 2.09. The summed E-state index contributed by atoms with van der Waals surface area (Å²) in [6, 6.07) is 6.15. The van der Waals surface area contributed by atoms with Gasteiger partial charge < -0.3 is 16.2 Å². The van der Waals surface area contributed by atoms with Crippen molar-refractivity contribution in [3.8, 4) is 0 Å². The van der Waals surface area contributed by atoms with E-state index >= 15 is 0 Å². The van der Waals surface area contributed by atoms with Crippen molar-refractivity contribution in [3.05, 3.63) is 24.3 Å². The molecule has 0 fully saturated rings. The second-order valence-electron chi connectivity index (χ2n) is 3.37. The highest BCUT2D eigenvalue weighted by molar-refractivity contribution is 5.98. The number of urea groups is 1. The lowest BCUT2D eigenvalue weighted by atomic mass is 10.2. The lowest BCUT2D eigenvalue weighted by Crippen LogP contribution is -2.43. The molecule has 0 saturated heterocycles. The molecule has 0 atom stereocenters. The number of nitrogens with one attached hydrogen (secondary N) is 1. The van der Waals surface area contributed by atoms with Crippen molar-refractivity contribution in [2.24, 2.45) is 0 Å². The van der Waals surface area contributed by atoms with Gasteiger partial charge in [-0.25, -0.2) is 4.79 Å². The molecule has 92 valence electrons. The normalized spacial score (nSPS) is 9.71. The first kappa shape index (κ1) is 12.8. The number of carbonyl (C=O) groups is 2. The predicted octanol–water partition coefficient (Wildman–Crippen LogP) is 0.889. The molecule has 6 heteroatoms. The monoisotopic (exact) mass is 237 g/mol. The third kappa shape index (κ3) is 3.37. The molecular weight excluding hydrogens is 222 g/mol. The highest BCUT2D eigenvalue weighted by Crippen LogP contribution is 2.22. The molecule has 0 aliphatic rings. The van der Waals surface area contributed by atoms with Crippen LogP contribution in [0.2, 0.25) is 0 Å². The summed E-state index contributed by atoms with van der Waals surface area (Å²) in [5.74, 6) is -1.10. The largest absolute Gasteiger partial charge is 0.480 e. The number of anilines is 2. The van der Waals surface area contributed by atoms with Crippen LogP contribution < -0.4 is 16.0 Å². The highest BCUT2D eigenvalue weighted by atomic mass is 16.4. The molecular formula is C11H15N3O3. The Bertz CT molecular complexity index is 420. The van der Waals surface area contributed by atoms with Crippen LogP contribution in [0, 0.1) is 0 Å². The summed E-state index contributed by atoms with van der Waals surface area (Å²) >= 11 is 0. The first-order valence-electron chi connectivity index (χ1n) is 5.18. The number of nitrogen functional groups attached to an aromatic ring is 1. The fraction of sp³-hybridized carbons (Fsp3) is 0.273. The van der Waals surface area contributed by atoms with Crippen molar-refractivity contribution in [2.45, 2.75) is 6.92 Å². The maximum absolute atomic E-state index is 11.7. The van der Waals surface area contributed by atoms with Gasteiger partial charge in [0.25, 0.3) is 0 Å². The van der Waals surface area contributed by atoms with Gasteiger partial charge in [-0.1, -0.05) is 12.1 Å². The van der Waals surface area contributed by atoms with E-state index in [0.29, 0.717) is 17.9 Å². The predicted molar refractivity (Wildman–Crippen MR) is 64.9 cm³/mol. The lowest BCUT2D eigenvalue weighted by molar-refractivity contribution is -0.135. The van der Waals surface area contributed by atoms with E-state index < -0.39 is 18.5 Å². The van der Waals surface area contributed by atoms with Crippen molar-refractivity contribution in [2.75, 3.05) is 23.7 Å². The molecule has 0 saturated carbocycles. The van der Waals surface area contributed by atoms with Gasteiger partial charge in [-0.15, -0.1) is 0 Å². The van der Waals surface area contributed by atoms with Crippen LogP contribution in [0.4, 0.5) is 16.2 Å². The quantitative estimate of drug-likeness (QED) is 0.677. The van der Waals surface area contributed by atoms with Gasteiger partial charge in [0.15, 0.2) is 0 Å². The number of carboxylic acids is 1. The molecule has 0 heterocycles. The number of hydrogen-bond donors (Lipinski definition) is 3. The van der Waals surface area contributed by atoms with Crippen LogP contribution in [0.25, 0.3) is 0 Å². The molecule has 0 spiro atoms. The standard InChI is InChI=1S/C11H15N3O3/c1-2-13-11(17)14(7-10(15)16)9-6-4-3-5-8(9)12/h3-6H,2,7,12H2,1H3,(H,13,17)(H,15,16). The Morgan fingerprint density at radius 1 is 1.41 bits per heavy atom. The molecule has 17 heavy (non-hydrogen) atoms. The van der Waals surface area contributed by atoms with Gasteiger partial charge in [-0.05, 0) is 19.1 Å². The molecule has 4 N–H and O–H groups in total. The van der Waals surface area contributed by atoms with Crippen LogP contribution in [0.3, 0.4) is 0 Å². The van der Waals surface area contributed by atoms with Gasteiger partial charge in [0.2, 0.25) is 0 Å². The van der Waals surface area contributed by atoms with Gasteiger partial charge in [-0.3, -0.25) is 9.69 Å². The van der Waals surface area contributed by atoms with Crippen LogP contribution in [-0.4, -0.2) is 30.2 Å². The first-order chi connectivity index (χ1) is 8.06. The summed E-state index contributed by atoms with van der Waals surface area (Å²) in [5.41, 5.74) is 6.47. The molecule has 0 aromatic heterocycles. The lowest BCUT2D eigenvalue weighted by Gasteiger charge is -2.22. The minimum atomic E-state index is -1.10. The van der Waals surface area contributed by atoms with Crippen LogP contribution in [0.15, 0.2) is 24.3 Å². The van der Waals surface area contributed by atoms with Crippen LogP contribution in [-0.2, 0) is 4.79 Å². The zero-order valence-electron chi connectivity index (χ0n) is 9.51. The fourth-order valence-electron chi connectivity index (χ4n) is 1.38. The number of carbonyl (C=O) groups excluding carboxylic acids is 1. The Morgan fingerprint density at radius 2 is 2.06 bits per heavy atom. The van der Waals surface area contributed by atoms with E-state index in [2.05, 4.69) is 5.32 Å². The molecule has 0 aliphatic carbocycles. The Hall–Kier alpha value is -2.24. The van der Waals surface area contributed by atoms with E-state index in [-0.39, 0.29) is 0 Å². The van der Waals surface area contributed by atoms with Crippen molar-refractivity contribution >= 4 is 23.4 Å². The van der Waals surface area contributed by atoms with E-state index in [4.69, 9.17) is 10.8 Å². The number of para-hydroxylation sites is 2. The van der Waals surface area contributed by atoms with Crippen LogP contribution in [0.1, 0.15) is 6.92 Å². The topological polar surface area (TPSA) is 95.7 Å². The molecule has 0 radical (unpaired) electrons. The van der Waals surface area contributed by atoms with Gasteiger partial charge in [0.1, 0.15) is 6.54 Å². The van der Waals surface area contributed by atoms with E-state index in [1.807, 2.05) is 0 Å². The molecule has 0 aliphatic heterocycles. The summed E-state index contributed by atoms with van der Waals surface area (Å²) in [7, 11) is 0. The number of aliphatic carboxylic acids is 1. The second kappa shape index (κ2) is 5.74. The Balaban J connectivity index is 3.01. The van der Waals surface area contributed by atoms with Gasteiger partial charge in [-0.2, -0.15) is 0 Å². The van der Waals surface area contributed by atoms with Crippen LogP contribution in [0.5, 0.6) is 0 Å². The van der Waals surface area contributed by atoms with Gasteiger partial charge in [0.05, 0.1) is 11.4 Å². The zero-order valence-corrected chi connectivity index (χ0v) is 9.51. The first-order valence-corrected chi connectivity index (χ1v) is 5.18. The van der Waals surface area contributed by atoms with Gasteiger partial charge >= 0.3 is 12.0 Å². The molecule has 6 nitrogen and oxygen atoms in total. The highest BCUT2D eigenvalue weighted by Gasteiger charge is 2.19. The Morgan fingerprint density at radius 3 is 2.59 bits per heavy atom. The van der Waals surface area contributed by atoms with E-state index in [9.17, 15) is 9.59 Å². The summed E-state index contributed by atoms with van der Waals surface area (Å²) in [5, 5.41) is 11.3. The number of benzene rings is 1. The number of hydrogen-bond acceptors (Lipinski definition) is 3. The average Bonchev–Trinajstić information content (AvgIpc) is 2.27. The molecule has 0 unspecified atom stereocenters. The number of rotatable bonds is 4. The van der Waals surface area contributed by atoms with E-state index in [1.165, 1.54) is 0 Å². The number of nitrogens with zero attached hydrogens (tertiary/aromatic N) is 1. The second-order valence-corrected chi connectivity index (χ2v) is 3.37. The number of nitrogens with two attached hydrogens (primary N) is 1. The Kier molecular flexibility index (Phi) is 4.33. The molecule has 0 bridgehead atoms. The van der Waals surface area contributed by atoms with Crippen molar-refractivity contribution < 1.29 is 14.7 Å². The van der Waals surface area contributed by atoms with Crippen LogP contribution >= 0.6 is 0 Å². The number of carboxylic acid groups (broad SMARTS) is 1. The third-order valence-corrected chi connectivity index (χ3v) is 2.09. The fourth-order valence-corrected chi connectivity index (χ4v) is 1.38. The molecule has 1 rings (SSSR count). The smallest absolute Gasteiger partial charge is 0.323 e. The molecule has 2 amide bonds. The van der Waals surface area contributed by atoms with Gasteiger partial charge in [0, 0.05) is 6.54 Å². The maximum Gasteiger partial charge on any atom is 0.323 e. The van der Waals surface area contributed by atoms with E-state index in [1.54, 1.807) is 31.2 Å². The van der Waals surface area contributed by atoms with Crippen molar-refractivity contribution in [1.82, 2.24) is 5.32 Å². The Labute approximate surface area is 99.0 Å². The van der Waals surface area contributed by atoms with Crippen molar-refractivity contribution in [1.29, 1.82) is 0 Å². The van der Waals surface area contributed by atoms with Crippen molar-refractivity contribution in [3.63, 3.8) is 0 Å². The molecule has 1 aromatic rings. The average molecular weight is 237 g/mol.